The summed E-state index contributed by atoms with van der Waals surface area (Å²) < 4.78 is 31.2. The van der Waals surface area contributed by atoms with Crippen LogP contribution in [0, 0.1) is 11.6 Å². The molecule has 1 aliphatic heterocycles. The Morgan fingerprint density at radius 2 is 1.78 bits per heavy atom. The van der Waals surface area contributed by atoms with E-state index in [1.54, 1.807) is 0 Å². The van der Waals surface area contributed by atoms with Gasteiger partial charge >= 0.3 is 0 Å². The topological polar surface area (TPSA) is 52.3 Å². The van der Waals surface area contributed by atoms with Gasteiger partial charge in [-0.15, -0.1) is 0 Å². The van der Waals surface area contributed by atoms with Crippen LogP contribution in [0.2, 0.25) is 0 Å². The fourth-order valence-electron chi connectivity index (χ4n) is 2.09. The number of nitrogens with two attached hydrogens (primary N) is 1. The minimum Gasteiger partial charge on any atom is -0.381 e. The van der Waals surface area contributed by atoms with Crippen LogP contribution in [0.1, 0.15) is 18.4 Å². The first-order chi connectivity index (χ1) is 8.49. The molecule has 5 heteroatoms. The highest BCUT2D eigenvalue weighted by atomic mass is 19.1. The molecule has 0 aromatic heterocycles. The number of benzene rings is 1. The number of hydrogen-bond donors (Lipinski definition) is 1. The van der Waals surface area contributed by atoms with Crippen molar-refractivity contribution in [1.82, 2.24) is 0 Å². The maximum Gasteiger partial charge on any atom is 0.157 e. The lowest BCUT2D eigenvalue weighted by molar-refractivity contribution is -0.126. The van der Waals surface area contributed by atoms with Gasteiger partial charge in [0.05, 0.1) is 5.54 Å². The van der Waals surface area contributed by atoms with E-state index in [1.807, 2.05) is 0 Å². The Labute approximate surface area is 104 Å². The van der Waals surface area contributed by atoms with Crippen molar-refractivity contribution in [1.29, 1.82) is 0 Å². The van der Waals surface area contributed by atoms with Gasteiger partial charge in [0.25, 0.3) is 0 Å². The molecule has 0 aliphatic carbocycles. The van der Waals surface area contributed by atoms with Crippen LogP contribution in [0.15, 0.2) is 18.2 Å². The van der Waals surface area contributed by atoms with E-state index in [-0.39, 0.29) is 12.2 Å². The predicted octanol–water partition coefficient (Wildman–Crippen LogP) is 1.58. The summed E-state index contributed by atoms with van der Waals surface area (Å²) in [6, 6.07) is 3.09. The summed E-state index contributed by atoms with van der Waals surface area (Å²) in [6.45, 7) is 0.888. The number of hydrogen-bond acceptors (Lipinski definition) is 3. The van der Waals surface area contributed by atoms with Gasteiger partial charge in [0, 0.05) is 25.7 Å². The maximum absolute atomic E-state index is 13.0. The SMILES string of the molecule is NC1(C(=O)Cc2cc(F)cc(F)c2)CCOCC1. The van der Waals surface area contributed by atoms with Crippen molar-refractivity contribution >= 4 is 5.78 Å². The van der Waals surface area contributed by atoms with Crippen molar-refractivity contribution in [2.45, 2.75) is 24.8 Å². The molecule has 1 fully saturated rings. The molecule has 1 heterocycles. The third kappa shape index (κ3) is 2.91. The van der Waals surface area contributed by atoms with Crippen LogP contribution in [0.4, 0.5) is 8.78 Å². The zero-order valence-electron chi connectivity index (χ0n) is 9.92. The van der Waals surface area contributed by atoms with Gasteiger partial charge in [-0.05, 0) is 30.5 Å². The lowest BCUT2D eigenvalue weighted by Gasteiger charge is -2.31. The van der Waals surface area contributed by atoms with E-state index < -0.39 is 17.2 Å². The zero-order valence-corrected chi connectivity index (χ0v) is 9.92. The van der Waals surface area contributed by atoms with Crippen molar-refractivity contribution in [2.75, 3.05) is 13.2 Å². The highest BCUT2D eigenvalue weighted by Gasteiger charge is 2.35. The van der Waals surface area contributed by atoms with Crippen LogP contribution in [0.5, 0.6) is 0 Å². The molecule has 1 aliphatic rings. The van der Waals surface area contributed by atoms with E-state index in [1.165, 1.54) is 0 Å². The minimum atomic E-state index is -0.930. The fraction of sp³-hybridized carbons (Fsp3) is 0.462. The molecular formula is C13H15F2NO2. The lowest BCUT2D eigenvalue weighted by atomic mass is 9.84. The third-order valence-electron chi connectivity index (χ3n) is 3.23. The van der Waals surface area contributed by atoms with Crippen LogP contribution in [0.3, 0.4) is 0 Å². The Bertz CT molecular complexity index is 436. The first kappa shape index (κ1) is 13.1. The number of carbonyl (C=O) groups is 1. The molecule has 98 valence electrons. The first-order valence-corrected chi connectivity index (χ1v) is 5.84. The van der Waals surface area contributed by atoms with Gasteiger partial charge in [0.1, 0.15) is 11.6 Å². The van der Waals surface area contributed by atoms with Gasteiger partial charge in [-0.25, -0.2) is 8.78 Å². The normalized spacial score (nSPS) is 18.6. The lowest BCUT2D eigenvalue weighted by Crippen LogP contribution is -2.52. The Kier molecular flexibility index (Phi) is 3.73. The van der Waals surface area contributed by atoms with Crippen molar-refractivity contribution in [3.8, 4) is 0 Å². The van der Waals surface area contributed by atoms with E-state index >= 15 is 0 Å². The van der Waals surface area contributed by atoms with E-state index in [0.29, 0.717) is 31.6 Å². The van der Waals surface area contributed by atoms with Gasteiger partial charge in [0.2, 0.25) is 0 Å². The van der Waals surface area contributed by atoms with Gasteiger partial charge in [-0.2, -0.15) is 0 Å². The second-order valence-electron chi connectivity index (χ2n) is 4.65. The van der Waals surface area contributed by atoms with E-state index in [0.717, 1.165) is 18.2 Å². The minimum absolute atomic E-state index is 0.0504. The Morgan fingerprint density at radius 3 is 2.33 bits per heavy atom. The van der Waals surface area contributed by atoms with Crippen LogP contribution in [-0.2, 0) is 16.0 Å². The molecule has 0 spiro atoms. The molecule has 3 nitrogen and oxygen atoms in total. The summed E-state index contributed by atoms with van der Waals surface area (Å²) in [5, 5.41) is 0. The predicted molar refractivity (Wildman–Crippen MR) is 62.0 cm³/mol. The van der Waals surface area contributed by atoms with Crippen molar-refractivity contribution < 1.29 is 18.3 Å². The molecule has 0 amide bonds. The number of halogens is 2. The second kappa shape index (κ2) is 5.12. The Morgan fingerprint density at radius 1 is 1.22 bits per heavy atom. The van der Waals surface area contributed by atoms with Crippen LogP contribution in [-0.4, -0.2) is 24.5 Å². The van der Waals surface area contributed by atoms with Crippen LogP contribution < -0.4 is 5.73 Å². The molecule has 2 rings (SSSR count). The summed E-state index contributed by atoms with van der Waals surface area (Å²) in [5.74, 6) is -1.57. The second-order valence-corrected chi connectivity index (χ2v) is 4.65. The third-order valence-corrected chi connectivity index (χ3v) is 3.23. The molecular weight excluding hydrogens is 240 g/mol. The number of rotatable bonds is 3. The van der Waals surface area contributed by atoms with E-state index in [4.69, 9.17) is 10.5 Å². The molecule has 2 N–H and O–H groups in total. The quantitative estimate of drug-likeness (QED) is 0.892. The number of ketones is 1. The monoisotopic (exact) mass is 255 g/mol. The van der Waals surface area contributed by atoms with E-state index in [9.17, 15) is 13.6 Å². The molecule has 0 radical (unpaired) electrons. The molecule has 0 atom stereocenters. The highest BCUT2D eigenvalue weighted by Crippen LogP contribution is 2.21. The first-order valence-electron chi connectivity index (χ1n) is 5.84. The average molecular weight is 255 g/mol. The zero-order chi connectivity index (χ0) is 13.2. The molecule has 0 unspecified atom stereocenters. The molecule has 1 aromatic carbocycles. The standard InChI is InChI=1S/C13H15F2NO2/c14-10-5-9(6-11(15)8-10)7-12(17)13(16)1-3-18-4-2-13/h5-6,8H,1-4,7,16H2. The van der Waals surface area contributed by atoms with Crippen LogP contribution in [0.25, 0.3) is 0 Å². The van der Waals surface area contributed by atoms with Gasteiger partial charge < -0.3 is 10.5 Å². The Balaban J connectivity index is 2.10. The highest BCUT2D eigenvalue weighted by molar-refractivity contribution is 5.90. The largest absolute Gasteiger partial charge is 0.381 e. The molecule has 1 saturated heterocycles. The number of ether oxygens (including phenoxy) is 1. The molecule has 18 heavy (non-hydrogen) atoms. The van der Waals surface area contributed by atoms with Crippen molar-refractivity contribution in [3.63, 3.8) is 0 Å². The number of Topliss-reactive ketones (excluding diaryl/α,β-unsaturated/α-hetero) is 1. The van der Waals surface area contributed by atoms with Gasteiger partial charge in [-0.3, -0.25) is 4.79 Å². The maximum atomic E-state index is 13.0. The molecule has 1 aromatic rings. The van der Waals surface area contributed by atoms with Gasteiger partial charge in [-0.1, -0.05) is 0 Å². The average Bonchev–Trinajstić information content (AvgIpc) is 2.28. The Hall–Kier alpha value is -1.33. The number of carbonyl (C=O) groups excluding carboxylic acids is 1. The molecule has 0 saturated carbocycles. The summed E-state index contributed by atoms with van der Waals surface area (Å²) in [5.41, 5.74) is 5.39. The summed E-state index contributed by atoms with van der Waals surface area (Å²) in [7, 11) is 0. The van der Waals surface area contributed by atoms with E-state index in [2.05, 4.69) is 0 Å². The fourth-order valence-corrected chi connectivity index (χ4v) is 2.09. The van der Waals surface area contributed by atoms with Gasteiger partial charge in [0.15, 0.2) is 5.78 Å². The van der Waals surface area contributed by atoms with Crippen molar-refractivity contribution in [2.24, 2.45) is 5.73 Å². The summed E-state index contributed by atoms with van der Waals surface area (Å²) in [4.78, 5) is 12.1. The molecule has 0 bridgehead atoms. The van der Waals surface area contributed by atoms with Crippen molar-refractivity contribution in [3.05, 3.63) is 35.4 Å². The summed E-state index contributed by atoms with van der Waals surface area (Å²) >= 11 is 0. The summed E-state index contributed by atoms with van der Waals surface area (Å²) in [6.07, 6.45) is 0.846. The smallest absolute Gasteiger partial charge is 0.157 e. The van der Waals surface area contributed by atoms with Crippen LogP contribution >= 0.6 is 0 Å².